The molecule has 6 heteroatoms. The molecule has 2 rings (SSSR count). The summed E-state index contributed by atoms with van der Waals surface area (Å²) in [5, 5.41) is 2.95. The van der Waals surface area contributed by atoms with Crippen LogP contribution in [0.1, 0.15) is 26.7 Å². The highest BCUT2D eigenvalue weighted by Gasteiger charge is 2.33. The summed E-state index contributed by atoms with van der Waals surface area (Å²) in [4.78, 5) is 15.0. The molecule has 1 aliphatic rings. The largest absolute Gasteiger partial charge is 0.463 e. The number of rotatable bonds is 7. The van der Waals surface area contributed by atoms with E-state index in [9.17, 15) is 0 Å². The lowest BCUT2D eigenvalue weighted by atomic mass is 10.3. The van der Waals surface area contributed by atoms with Crippen LogP contribution in [0.3, 0.4) is 0 Å². The molecule has 1 heterocycles. The number of aromatic nitrogens is 3. The van der Waals surface area contributed by atoms with Gasteiger partial charge in [-0.1, -0.05) is 13.8 Å². The molecule has 0 radical (unpaired) electrons. The van der Waals surface area contributed by atoms with Crippen LogP contribution in [0.25, 0.3) is 0 Å². The summed E-state index contributed by atoms with van der Waals surface area (Å²) in [5.74, 6) is 2.81. The minimum absolute atomic E-state index is 0.395. The van der Waals surface area contributed by atoms with E-state index in [4.69, 9.17) is 4.74 Å². The van der Waals surface area contributed by atoms with Gasteiger partial charge in [0.25, 0.3) is 0 Å². The number of hydrogen-bond donors (Lipinski definition) is 1. The monoisotopic (exact) mass is 265 g/mol. The Morgan fingerprint density at radius 1 is 1.37 bits per heavy atom. The van der Waals surface area contributed by atoms with E-state index in [1.54, 1.807) is 7.05 Å². The summed E-state index contributed by atoms with van der Waals surface area (Å²) < 4.78 is 5.50. The Balaban J connectivity index is 2.08. The molecule has 1 aliphatic carbocycles. The molecular weight excluding hydrogens is 242 g/mol. The molecule has 0 saturated heterocycles. The zero-order valence-corrected chi connectivity index (χ0v) is 12.2. The summed E-state index contributed by atoms with van der Waals surface area (Å²) in [5.41, 5.74) is 0. The Kier molecular flexibility index (Phi) is 4.39. The molecular formula is C13H23N5O. The first-order chi connectivity index (χ1) is 9.13. The molecule has 2 atom stereocenters. The van der Waals surface area contributed by atoms with Gasteiger partial charge in [0.1, 0.15) is 0 Å². The molecule has 0 amide bonds. The van der Waals surface area contributed by atoms with Crippen molar-refractivity contribution in [3.05, 3.63) is 0 Å². The second-order valence-electron chi connectivity index (χ2n) is 5.19. The fourth-order valence-electron chi connectivity index (χ4n) is 1.97. The van der Waals surface area contributed by atoms with Crippen molar-refractivity contribution in [1.29, 1.82) is 0 Å². The Bertz CT molecular complexity index is 425. The Morgan fingerprint density at radius 2 is 2.11 bits per heavy atom. The van der Waals surface area contributed by atoms with E-state index in [1.165, 1.54) is 6.42 Å². The Hall–Kier alpha value is -1.59. The predicted octanol–water partition coefficient (Wildman–Crippen LogP) is 1.79. The highest BCUT2D eigenvalue weighted by molar-refractivity contribution is 5.37. The molecule has 0 aliphatic heterocycles. The van der Waals surface area contributed by atoms with Crippen molar-refractivity contribution in [2.24, 2.45) is 11.8 Å². The van der Waals surface area contributed by atoms with Crippen LogP contribution in [0.15, 0.2) is 0 Å². The fraction of sp³-hybridized carbons (Fsp3) is 0.769. The Labute approximate surface area is 114 Å². The average Bonchev–Trinajstić information content (AvgIpc) is 3.11. The number of nitrogens with zero attached hydrogens (tertiary/aromatic N) is 4. The maximum Gasteiger partial charge on any atom is 0.323 e. The van der Waals surface area contributed by atoms with Crippen molar-refractivity contribution < 1.29 is 4.74 Å². The third-order valence-corrected chi connectivity index (χ3v) is 3.39. The molecule has 1 aromatic heterocycles. The third-order valence-electron chi connectivity index (χ3n) is 3.39. The van der Waals surface area contributed by atoms with Crippen molar-refractivity contribution in [2.75, 3.05) is 37.5 Å². The topological polar surface area (TPSA) is 63.2 Å². The van der Waals surface area contributed by atoms with E-state index in [0.717, 1.165) is 24.8 Å². The van der Waals surface area contributed by atoms with E-state index in [0.29, 0.717) is 24.5 Å². The molecule has 0 aromatic carbocycles. The van der Waals surface area contributed by atoms with Gasteiger partial charge in [-0.3, -0.25) is 0 Å². The van der Waals surface area contributed by atoms with Crippen LogP contribution in [0.5, 0.6) is 6.01 Å². The maximum absolute atomic E-state index is 5.50. The van der Waals surface area contributed by atoms with Crippen LogP contribution >= 0.6 is 0 Å². The Morgan fingerprint density at radius 3 is 2.68 bits per heavy atom. The summed E-state index contributed by atoms with van der Waals surface area (Å²) in [7, 11) is 3.81. The standard InChI is InChI=1S/C13H23N5O/c1-5-6-19-13-16-11(14-3)15-12(17-13)18(4)8-10-7-9(10)2/h9-10H,5-8H2,1-4H3,(H,14,15,16,17). The number of anilines is 2. The summed E-state index contributed by atoms with van der Waals surface area (Å²) in [6.45, 7) is 5.94. The zero-order chi connectivity index (χ0) is 13.8. The highest BCUT2D eigenvalue weighted by Crippen LogP contribution is 2.38. The first kappa shape index (κ1) is 13.8. The van der Waals surface area contributed by atoms with Gasteiger partial charge >= 0.3 is 6.01 Å². The molecule has 19 heavy (non-hydrogen) atoms. The molecule has 1 N–H and O–H groups in total. The summed E-state index contributed by atoms with van der Waals surface area (Å²) in [6, 6.07) is 0.395. The van der Waals surface area contributed by atoms with E-state index in [-0.39, 0.29) is 0 Å². The smallest absolute Gasteiger partial charge is 0.323 e. The molecule has 0 bridgehead atoms. The molecule has 6 nitrogen and oxygen atoms in total. The van der Waals surface area contributed by atoms with Gasteiger partial charge in [-0.2, -0.15) is 15.0 Å². The van der Waals surface area contributed by atoms with Gasteiger partial charge in [0.2, 0.25) is 11.9 Å². The fourth-order valence-corrected chi connectivity index (χ4v) is 1.97. The summed E-state index contributed by atoms with van der Waals surface area (Å²) >= 11 is 0. The van der Waals surface area contributed by atoms with E-state index >= 15 is 0 Å². The van der Waals surface area contributed by atoms with Crippen LogP contribution < -0.4 is 15.0 Å². The van der Waals surface area contributed by atoms with Crippen molar-refractivity contribution in [3.8, 4) is 6.01 Å². The van der Waals surface area contributed by atoms with Crippen molar-refractivity contribution >= 4 is 11.9 Å². The normalized spacial score (nSPS) is 21.1. The predicted molar refractivity (Wildman–Crippen MR) is 75.7 cm³/mol. The van der Waals surface area contributed by atoms with Gasteiger partial charge in [-0.15, -0.1) is 0 Å². The van der Waals surface area contributed by atoms with Crippen molar-refractivity contribution in [1.82, 2.24) is 15.0 Å². The molecule has 106 valence electrons. The van der Waals surface area contributed by atoms with Crippen LogP contribution in [0.2, 0.25) is 0 Å². The van der Waals surface area contributed by atoms with Gasteiger partial charge in [-0.25, -0.2) is 0 Å². The molecule has 2 unspecified atom stereocenters. The van der Waals surface area contributed by atoms with Crippen LogP contribution in [0, 0.1) is 11.8 Å². The lowest BCUT2D eigenvalue weighted by Crippen LogP contribution is -2.23. The second kappa shape index (κ2) is 6.04. The van der Waals surface area contributed by atoms with E-state index in [2.05, 4.69) is 39.0 Å². The highest BCUT2D eigenvalue weighted by atomic mass is 16.5. The first-order valence-corrected chi connectivity index (χ1v) is 6.91. The third kappa shape index (κ3) is 3.68. The quantitative estimate of drug-likeness (QED) is 0.811. The molecule has 1 fully saturated rings. The minimum atomic E-state index is 0.395. The van der Waals surface area contributed by atoms with Gasteiger partial charge in [0.15, 0.2) is 0 Å². The lowest BCUT2D eigenvalue weighted by Gasteiger charge is -2.17. The lowest BCUT2D eigenvalue weighted by molar-refractivity contribution is 0.292. The number of nitrogens with one attached hydrogen (secondary N) is 1. The molecule has 0 spiro atoms. The van der Waals surface area contributed by atoms with E-state index in [1.807, 2.05) is 7.05 Å². The minimum Gasteiger partial charge on any atom is -0.463 e. The van der Waals surface area contributed by atoms with Crippen LogP contribution in [-0.4, -0.2) is 42.2 Å². The van der Waals surface area contributed by atoms with Gasteiger partial charge in [0.05, 0.1) is 6.61 Å². The van der Waals surface area contributed by atoms with E-state index < -0.39 is 0 Å². The second-order valence-corrected chi connectivity index (χ2v) is 5.19. The van der Waals surface area contributed by atoms with Crippen molar-refractivity contribution in [2.45, 2.75) is 26.7 Å². The van der Waals surface area contributed by atoms with Crippen LogP contribution in [0.4, 0.5) is 11.9 Å². The number of ether oxygens (including phenoxy) is 1. The van der Waals surface area contributed by atoms with Gasteiger partial charge < -0.3 is 15.0 Å². The SMILES string of the molecule is CCCOc1nc(NC)nc(N(C)CC2CC2C)n1. The van der Waals surface area contributed by atoms with Crippen LogP contribution in [-0.2, 0) is 0 Å². The molecule has 1 saturated carbocycles. The van der Waals surface area contributed by atoms with Gasteiger partial charge in [0, 0.05) is 20.6 Å². The van der Waals surface area contributed by atoms with Gasteiger partial charge in [-0.05, 0) is 24.7 Å². The maximum atomic E-state index is 5.50. The zero-order valence-electron chi connectivity index (χ0n) is 12.2. The summed E-state index contributed by atoms with van der Waals surface area (Å²) in [6.07, 6.45) is 2.23. The average molecular weight is 265 g/mol. The number of hydrogen-bond acceptors (Lipinski definition) is 6. The van der Waals surface area contributed by atoms with Crippen molar-refractivity contribution in [3.63, 3.8) is 0 Å². The first-order valence-electron chi connectivity index (χ1n) is 6.91. The molecule has 1 aromatic rings.